The minimum Gasteiger partial charge on any atom is -0.457 e. The molecule has 0 unspecified atom stereocenters. The van der Waals surface area contributed by atoms with E-state index in [1.807, 2.05) is 37.4 Å². The van der Waals surface area contributed by atoms with Crippen molar-refractivity contribution in [3.8, 4) is 11.5 Å². The summed E-state index contributed by atoms with van der Waals surface area (Å²) in [5.74, 6) is 1.94. The number of ether oxygens (including phenoxy) is 2. The number of morpholine rings is 1. The van der Waals surface area contributed by atoms with Crippen LogP contribution in [0.25, 0.3) is 0 Å². The van der Waals surface area contributed by atoms with E-state index in [1.54, 1.807) is 24.3 Å². The van der Waals surface area contributed by atoms with Crippen LogP contribution in [-0.2, 0) is 27.7 Å². The van der Waals surface area contributed by atoms with Crippen molar-refractivity contribution in [1.82, 2.24) is 14.3 Å². The number of aryl methyl sites for hydroxylation is 1. The van der Waals surface area contributed by atoms with Gasteiger partial charge in [-0.05, 0) is 60.9 Å². The van der Waals surface area contributed by atoms with Crippen LogP contribution in [0.3, 0.4) is 0 Å². The molecule has 0 amide bonds. The number of nitrogens with zero attached hydrogens (tertiary/aromatic N) is 4. The van der Waals surface area contributed by atoms with Crippen molar-refractivity contribution >= 4 is 16.0 Å². The second-order valence-corrected chi connectivity index (χ2v) is 10.2. The summed E-state index contributed by atoms with van der Waals surface area (Å²) in [6.07, 6.45) is 2.42. The fraction of sp³-hybridized carbons (Fsp3) is 0.333. The van der Waals surface area contributed by atoms with E-state index in [1.165, 1.54) is 4.31 Å². The third-order valence-electron chi connectivity index (χ3n) is 5.88. The molecule has 1 aromatic heterocycles. The Hall–Kier alpha value is -3.01. The van der Waals surface area contributed by atoms with Crippen molar-refractivity contribution < 1.29 is 17.9 Å². The van der Waals surface area contributed by atoms with E-state index in [2.05, 4.69) is 9.88 Å². The van der Waals surface area contributed by atoms with E-state index in [-0.39, 0.29) is 11.4 Å². The van der Waals surface area contributed by atoms with Crippen molar-refractivity contribution in [3.05, 3.63) is 71.5 Å². The van der Waals surface area contributed by atoms with Crippen molar-refractivity contribution in [2.45, 2.75) is 24.8 Å². The summed E-state index contributed by atoms with van der Waals surface area (Å²) in [5, 5.41) is 0. The van der Waals surface area contributed by atoms with E-state index >= 15 is 0 Å². The predicted octanol–water partition coefficient (Wildman–Crippen LogP) is 3.16. The van der Waals surface area contributed by atoms with Gasteiger partial charge in [0.1, 0.15) is 11.5 Å². The molecule has 33 heavy (non-hydrogen) atoms. The average Bonchev–Trinajstić information content (AvgIpc) is 2.84. The molecule has 0 atom stereocenters. The van der Waals surface area contributed by atoms with Crippen molar-refractivity contribution in [2.24, 2.45) is 0 Å². The molecule has 0 aliphatic carbocycles. The molecule has 1 fully saturated rings. The van der Waals surface area contributed by atoms with Crippen LogP contribution in [0.5, 0.6) is 11.5 Å². The van der Waals surface area contributed by atoms with Crippen LogP contribution >= 0.6 is 0 Å². The van der Waals surface area contributed by atoms with Gasteiger partial charge in [0.15, 0.2) is 0 Å². The number of anilines is 1. The Morgan fingerprint density at radius 1 is 1.00 bits per heavy atom. The molecular weight excluding hydrogens is 440 g/mol. The lowest BCUT2D eigenvalue weighted by atomic mass is 10.1. The standard InChI is InChI=1S/C24H26N4O4S/c1-18-3-2-4-21(15-18)32-20-5-7-22(8-6-20)33(29,30)28-10-9-19-16-25-24(26-23(19)17-28)27-11-13-31-14-12-27/h2-8,15-16H,9-14,17H2,1H3. The molecule has 0 N–H and O–H groups in total. The molecule has 2 aliphatic rings. The van der Waals surface area contributed by atoms with Crippen LogP contribution in [0.1, 0.15) is 16.8 Å². The minimum atomic E-state index is -3.66. The quantitative estimate of drug-likeness (QED) is 0.571. The number of rotatable bonds is 5. The maximum atomic E-state index is 13.3. The molecule has 3 aromatic rings. The molecule has 9 heteroatoms. The Labute approximate surface area is 193 Å². The molecule has 0 radical (unpaired) electrons. The van der Waals surface area contributed by atoms with Crippen LogP contribution in [0, 0.1) is 6.92 Å². The molecule has 3 heterocycles. The Bertz CT molecular complexity index is 1240. The Morgan fingerprint density at radius 2 is 1.79 bits per heavy atom. The highest BCUT2D eigenvalue weighted by molar-refractivity contribution is 7.89. The van der Waals surface area contributed by atoms with E-state index < -0.39 is 10.0 Å². The molecule has 0 spiro atoms. The van der Waals surface area contributed by atoms with Crippen LogP contribution in [0.15, 0.2) is 59.6 Å². The van der Waals surface area contributed by atoms with Gasteiger partial charge in [0, 0.05) is 25.8 Å². The molecule has 172 valence electrons. The molecule has 0 bridgehead atoms. The molecule has 5 rings (SSSR count). The van der Waals surface area contributed by atoms with Gasteiger partial charge >= 0.3 is 0 Å². The first-order chi connectivity index (χ1) is 16.0. The SMILES string of the molecule is Cc1cccc(Oc2ccc(S(=O)(=O)N3CCc4cnc(N5CCOCC5)nc4C3)cc2)c1. The number of hydrogen-bond donors (Lipinski definition) is 0. The van der Waals surface area contributed by atoms with Gasteiger partial charge in [0.05, 0.1) is 30.3 Å². The Morgan fingerprint density at radius 3 is 2.55 bits per heavy atom. The zero-order valence-electron chi connectivity index (χ0n) is 18.5. The van der Waals surface area contributed by atoms with Gasteiger partial charge in [-0.1, -0.05) is 12.1 Å². The lowest BCUT2D eigenvalue weighted by Crippen LogP contribution is -2.39. The van der Waals surface area contributed by atoms with Gasteiger partial charge in [-0.2, -0.15) is 4.31 Å². The summed E-state index contributed by atoms with van der Waals surface area (Å²) in [4.78, 5) is 11.5. The number of fused-ring (bicyclic) bond motifs is 1. The van der Waals surface area contributed by atoms with E-state index in [0.717, 1.165) is 29.9 Å². The largest absolute Gasteiger partial charge is 0.457 e. The summed E-state index contributed by atoms with van der Waals surface area (Å²) >= 11 is 0. The maximum Gasteiger partial charge on any atom is 0.243 e. The number of sulfonamides is 1. The van der Waals surface area contributed by atoms with Crippen LogP contribution in [0.4, 0.5) is 5.95 Å². The van der Waals surface area contributed by atoms with Gasteiger partial charge in [-0.25, -0.2) is 18.4 Å². The van der Waals surface area contributed by atoms with Crippen molar-refractivity contribution in [1.29, 1.82) is 0 Å². The molecule has 0 saturated carbocycles. The minimum absolute atomic E-state index is 0.235. The number of benzene rings is 2. The van der Waals surface area contributed by atoms with E-state index in [0.29, 0.717) is 43.6 Å². The molecule has 2 aliphatic heterocycles. The Kier molecular flexibility index (Phi) is 6.01. The summed E-state index contributed by atoms with van der Waals surface area (Å²) in [6, 6.07) is 14.3. The number of hydrogen-bond acceptors (Lipinski definition) is 7. The highest BCUT2D eigenvalue weighted by atomic mass is 32.2. The van der Waals surface area contributed by atoms with Crippen LogP contribution < -0.4 is 9.64 Å². The fourth-order valence-electron chi connectivity index (χ4n) is 4.03. The lowest BCUT2D eigenvalue weighted by Gasteiger charge is -2.30. The van der Waals surface area contributed by atoms with Crippen LogP contribution in [-0.4, -0.2) is 55.5 Å². The Balaban J connectivity index is 1.32. The average molecular weight is 467 g/mol. The van der Waals surface area contributed by atoms with Crippen LogP contribution in [0.2, 0.25) is 0 Å². The van der Waals surface area contributed by atoms with E-state index in [4.69, 9.17) is 14.5 Å². The van der Waals surface area contributed by atoms with Gasteiger partial charge in [-0.15, -0.1) is 0 Å². The molecule has 8 nitrogen and oxygen atoms in total. The second-order valence-electron chi connectivity index (χ2n) is 8.22. The summed E-state index contributed by atoms with van der Waals surface area (Å²) in [5.41, 5.74) is 2.86. The normalized spacial score (nSPS) is 16.9. The molecular formula is C24H26N4O4S. The summed E-state index contributed by atoms with van der Waals surface area (Å²) in [6.45, 7) is 5.38. The third-order valence-corrected chi connectivity index (χ3v) is 7.74. The highest BCUT2D eigenvalue weighted by Gasteiger charge is 2.30. The predicted molar refractivity (Wildman–Crippen MR) is 124 cm³/mol. The maximum absolute atomic E-state index is 13.3. The van der Waals surface area contributed by atoms with Gasteiger partial charge in [-0.3, -0.25) is 0 Å². The van der Waals surface area contributed by atoms with Crippen molar-refractivity contribution in [3.63, 3.8) is 0 Å². The monoisotopic (exact) mass is 466 g/mol. The first kappa shape index (κ1) is 21.8. The lowest BCUT2D eigenvalue weighted by molar-refractivity contribution is 0.122. The van der Waals surface area contributed by atoms with Gasteiger partial charge < -0.3 is 14.4 Å². The summed E-state index contributed by atoms with van der Waals surface area (Å²) in [7, 11) is -3.66. The molecule has 2 aromatic carbocycles. The first-order valence-corrected chi connectivity index (χ1v) is 12.5. The fourth-order valence-corrected chi connectivity index (χ4v) is 5.44. The van der Waals surface area contributed by atoms with Gasteiger partial charge in [0.2, 0.25) is 16.0 Å². The zero-order valence-corrected chi connectivity index (χ0v) is 19.3. The molecule has 1 saturated heterocycles. The smallest absolute Gasteiger partial charge is 0.243 e. The number of aromatic nitrogens is 2. The third kappa shape index (κ3) is 4.71. The first-order valence-electron chi connectivity index (χ1n) is 11.0. The highest BCUT2D eigenvalue weighted by Crippen LogP contribution is 2.28. The topological polar surface area (TPSA) is 84.9 Å². The zero-order chi connectivity index (χ0) is 22.8. The van der Waals surface area contributed by atoms with Gasteiger partial charge in [0.25, 0.3) is 0 Å². The van der Waals surface area contributed by atoms with E-state index in [9.17, 15) is 8.42 Å². The van der Waals surface area contributed by atoms with Crippen molar-refractivity contribution in [2.75, 3.05) is 37.7 Å². The summed E-state index contributed by atoms with van der Waals surface area (Å²) < 4.78 is 39.4. The second kappa shape index (κ2) is 9.09.